The van der Waals surface area contributed by atoms with E-state index in [0.29, 0.717) is 42.9 Å². The van der Waals surface area contributed by atoms with Crippen LogP contribution in [0.5, 0.6) is 11.5 Å². The predicted molar refractivity (Wildman–Crippen MR) is 75.4 cm³/mol. The number of ether oxygens (including phenoxy) is 2. The molecule has 0 saturated carbocycles. The van der Waals surface area contributed by atoms with E-state index < -0.39 is 0 Å². The molecule has 0 unspecified atom stereocenters. The van der Waals surface area contributed by atoms with E-state index in [4.69, 9.17) is 9.47 Å². The third-order valence-electron chi connectivity index (χ3n) is 3.73. The molecule has 3 rings (SSSR count). The van der Waals surface area contributed by atoms with E-state index in [9.17, 15) is 4.79 Å². The summed E-state index contributed by atoms with van der Waals surface area (Å²) in [4.78, 5) is 12.1. The monoisotopic (exact) mass is 276 g/mol. The Balaban J connectivity index is 1.59. The molecule has 108 valence electrons. The number of amides is 1. The first-order valence-electron chi connectivity index (χ1n) is 7.24. The Morgan fingerprint density at radius 2 is 2.10 bits per heavy atom. The number of nitrogens with one attached hydrogen (secondary N) is 2. The molecule has 20 heavy (non-hydrogen) atoms. The van der Waals surface area contributed by atoms with Gasteiger partial charge in [0.15, 0.2) is 11.5 Å². The average Bonchev–Trinajstić information content (AvgIpc) is 2.53. The van der Waals surface area contributed by atoms with Crippen LogP contribution in [0.15, 0.2) is 18.2 Å². The second-order valence-corrected chi connectivity index (χ2v) is 5.22. The van der Waals surface area contributed by atoms with Gasteiger partial charge >= 0.3 is 0 Å². The first kappa shape index (κ1) is 13.2. The van der Waals surface area contributed by atoms with Crippen molar-refractivity contribution in [2.45, 2.75) is 25.3 Å². The lowest BCUT2D eigenvalue weighted by atomic mass is 10.0. The SMILES string of the molecule is O=C(NC[C@H]1CCCCN1)c1ccc2c(c1)OCCO2. The van der Waals surface area contributed by atoms with E-state index in [1.165, 1.54) is 12.8 Å². The summed E-state index contributed by atoms with van der Waals surface area (Å²) in [6, 6.07) is 5.71. The molecule has 1 aromatic rings. The predicted octanol–water partition coefficient (Wildman–Crippen LogP) is 1.33. The zero-order valence-corrected chi connectivity index (χ0v) is 11.5. The van der Waals surface area contributed by atoms with E-state index in [0.717, 1.165) is 13.0 Å². The minimum Gasteiger partial charge on any atom is -0.486 e. The van der Waals surface area contributed by atoms with Crippen molar-refractivity contribution in [1.82, 2.24) is 10.6 Å². The van der Waals surface area contributed by atoms with Gasteiger partial charge in [-0.05, 0) is 37.6 Å². The number of fused-ring (bicyclic) bond motifs is 1. The molecule has 1 amide bonds. The number of hydrogen-bond donors (Lipinski definition) is 2. The molecule has 1 atom stereocenters. The van der Waals surface area contributed by atoms with Gasteiger partial charge in [0.05, 0.1) is 0 Å². The molecule has 0 spiro atoms. The molecule has 0 aliphatic carbocycles. The maximum absolute atomic E-state index is 12.1. The van der Waals surface area contributed by atoms with Crippen LogP contribution in [0.3, 0.4) is 0 Å². The van der Waals surface area contributed by atoms with Crippen LogP contribution in [-0.4, -0.2) is 38.3 Å². The zero-order valence-electron chi connectivity index (χ0n) is 11.5. The number of carbonyl (C=O) groups excluding carboxylic acids is 1. The lowest BCUT2D eigenvalue weighted by Gasteiger charge is -2.23. The third-order valence-corrected chi connectivity index (χ3v) is 3.73. The Bertz CT molecular complexity index is 484. The molecule has 1 aromatic carbocycles. The van der Waals surface area contributed by atoms with E-state index in [2.05, 4.69) is 10.6 Å². The van der Waals surface area contributed by atoms with Crippen molar-refractivity contribution in [3.05, 3.63) is 23.8 Å². The normalized spacial score (nSPS) is 21.3. The lowest BCUT2D eigenvalue weighted by molar-refractivity contribution is 0.0946. The molecule has 2 N–H and O–H groups in total. The van der Waals surface area contributed by atoms with Crippen LogP contribution in [-0.2, 0) is 0 Å². The largest absolute Gasteiger partial charge is 0.486 e. The number of benzene rings is 1. The van der Waals surface area contributed by atoms with Gasteiger partial charge in [-0.25, -0.2) is 0 Å². The van der Waals surface area contributed by atoms with Crippen LogP contribution in [0.2, 0.25) is 0 Å². The minimum atomic E-state index is -0.0608. The van der Waals surface area contributed by atoms with Gasteiger partial charge in [-0.3, -0.25) is 4.79 Å². The van der Waals surface area contributed by atoms with Crippen LogP contribution >= 0.6 is 0 Å². The Kier molecular flexibility index (Phi) is 4.06. The fourth-order valence-corrected chi connectivity index (χ4v) is 2.60. The van der Waals surface area contributed by atoms with Gasteiger partial charge in [-0.2, -0.15) is 0 Å². The van der Waals surface area contributed by atoms with Crippen LogP contribution in [0.1, 0.15) is 29.6 Å². The van der Waals surface area contributed by atoms with Crippen LogP contribution in [0.4, 0.5) is 0 Å². The number of hydrogen-bond acceptors (Lipinski definition) is 4. The van der Waals surface area contributed by atoms with Crippen molar-refractivity contribution in [3.8, 4) is 11.5 Å². The summed E-state index contributed by atoms with van der Waals surface area (Å²) in [5.74, 6) is 1.30. The van der Waals surface area contributed by atoms with Crippen molar-refractivity contribution in [2.75, 3.05) is 26.3 Å². The fraction of sp³-hybridized carbons (Fsp3) is 0.533. The molecule has 2 aliphatic heterocycles. The lowest BCUT2D eigenvalue weighted by Crippen LogP contribution is -2.43. The number of carbonyl (C=O) groups is 1. The van der Waals surface area contributed by atoms with Gasteiger partial charge in [0.1, 0.15) is 13.2 Å². The molecular weight excluding hydrogens is 256 g/mol. The summed E-state index contributed by atoms with van der Waals surface area (Å²) in [5.41, 5.74) is 0.616. The summed E-state index contributed by atoms with van der Waals surface area (Å²) >= 11 is 0. The maximum atomic E-state index is 12.1. The first-order valence-corrected chi connectivity index (χ1v) is 7.24. The van der Waals surface area contributed by atoms with E-state index in [1.807, 2.05) is 0 Å². The fourth-order valence-electron chi connectivity index (χ4n) is 2.60. The highest BCUT2D eigenvalue weighted by molar-refractivity contribution is 5.94. The second-order valence-electron chi connectivity index (χ2n) is 5.22. The van der Waals surface area contributed by atoms with Crippen molar-refractivity contribution in [2.24, 2.45) is 0 Å². The van der Waals surface area contributed by atoms with Crippen molar-refractivity contribution < 1.29 is 14.3 Å². The first-order chi connectivity index (χ1) is 9.83. The van der Waals surface area contributed by atoms with Crippen LogP contribution in [0, 0.1) is 0 Å². The molecule has 1 fully saturated rings. The van der Waals surface area contributed by atoms with Crippen molar-refractivity contribution in [3.63, 3.8) is 0 Å². The standard InChI is InChI=1S/C15H20N2O3/c18-15(17-10-12-3-1-2-6-16-12)11-4-5-13-14(9-11)20-8-7-19-13/h4-5,9,12,16H,1-3,6-8,10H2,(H,17,18)/t12-/m1/s1. The van der Waals surface area contributed by atoms with Gasteiger partial charge in [0.2, 0.25) is 0 Å². The summed E-state index contributed by atoms with van der Waals surface area (Å²) in [5, 5.41) is 6.39. The van der Waals surface area contributed by atoms with Crippen LogP contribution in [0.25, 0.3) is 0 Å². The molecule has 2 heterocycles. The van der Waals surface area contributed by atoms with Gasteiger partial charge < -0.3 is 20.1 Å². The molecule has 2 aliphatic rings. The smallest absolute Gasteiger partial charge is 0.251 e. The van der Waals surface area contributed by atoms with E-state index in [1.54, 1.807) is 18.2 Å². The second kappa shape index (κ2) is 6.13. The summed E-state index contributed by atoms with van der Waals surface area (Å²) in [6.07, 6.45) is 3.59. The Morgan fingerprint density at radius 3 is 2.90 bits per heavy atom. The Morgan fingerprint density at radius 1 is 1.25 bits per heavy atom. The molecule has 0 radical (unpaired) electrons. The quantitative estimate of drug-likeness (QED) is 0.874. The topological polar surface area (TPSA) is 59.6 Å². The maximum Gasteiger partial charge on any atom is 0.251 e. The van der Waals surface area contributed by atoms with E-state index in [-0.39, 0.29) is 5.91 Å². The van der Waals surface area contributed by atoms with Crippen LogP contribution < -0.4 is 20.1 Å². The third kappa shape index (κ3) is 3.04. The summed E-state index contributed by atoms with van der Waals surface area (Å²) in [6.45, 7) is 2.81. The Hall–Kier alpha value is -1.75. The summed E-state index contributed by atoms with van der Waals surface area (Å²) < 4.78 is 10.9. The molecule has 0 bridgehead atoms. The molecular formula is C15H20N2O3. The van der Waals surface area contributed by atoms with E-state index >= 15 is 0 Å². The van der Waals surface area contributed by atoms with Gasteiger partial charge in [0.25, 0.3) is 5.91 Å². The molecule has 1 saturated heterocycles. The minimum absolute atomic E-state index is 0.0608. The highest BCUT2D eigenvalue weighted by Gasteiger charge is 2.17. The highest BCUT2D eigenvalue weighted by Crippen LogP contribution is 2.30. The number of piperidine rings is 1. The zero-order chi connectivity index (χ0) is 13.8. The molecule has 0 aromatic heterocycles. The number of rotatable bonds is 3. The van der Waals surface area contributed by atoms with Gasteiger partial charge in [-0.1, -0.05) is 6.42 Å². The van der Waals surface area contributed by atoms with Crippen molar-refractivity contribution in [1.29, 1.82) is 0 Å². The highest BCUT2D eigenvalue weighted by atomic mass is 16.6. The average molecular weight is 276 g/mol. The molecule has 5 heteroatoms. The Labute approximate surface area is 118 Å². The van der Waals surface area contributed by atoms with Gasteiger partial charge in [-0.15, -0.1) is 0 Å². The van der Waals surface area contributed by atoms with Crippen molar-refractivity contribution >= 4 is 5.91 Å². The summed E-state index contributed by atoms with van der Waals surface area (Å²) in [7, 11) is 0. The molecule has 5 nitrogen and oxygen atoms in total. The van der Waals surface area contributed by atoms with Gasteiger partial charge in [0, 0.05) is 18.2 Å².